The third kappa shape index (κ3) is 3.81. The van der Waals surface area contributed by atoms with Crippen molar-refractivity contribution in [3.05, 3.63) is 45.7 Å². The van der Waals surface area contributed by atoms with Crippen molar-refractivity contribution < 1.29 is 4.79 Å². The van der Waals surface area contributed by atoms with Gasteiger partial charge in [0, 0.05) is 60.5 Å². The SMILES string of the molecule is CC(C)c1cc2cc(C(=O)/C(C#N)=C/N(C)C)n(SI)c2cc1Br. The standard InChI is InChI=1S/C17H17BrIN3OS/c1-10(2)13-5-11-6-16(17(23)12(8-20)9-21(3)4)22(24-19)15(11)7-14(13)18/h5-7,9-10H,1-4H3/b12-9+. The minimum atomic E-state index is -0.270. The molecule has 126 valence electrons. The van der Waals surface area contributed by atoms with E-state index in [1.807, 2.05) is 22.2 Å². The number of nitriles is 1. The highest BCUT2D eigenvalue weighted by atomic mass is 127. The third-order valence-electron chi connectivity index (χ3n) is 3.55. The second kappa shape index (κ2) is 7.93. The highest BCUT2D eigenvalue weighted by Crippen LogP contribution is 2.35. The Kier molecular flexibility index (Phi) is 6.39. The third-order valence-corrected chi connectivity index (χ3v) is 5.95. The minimum absolute atomic E-state index is 0.123. The molecular formula is C17H17BrIN3OS. The van der Waals surface area contributed by atoms with Gasteiger partial charge in [-0.05, 0) is 29.7 Å². The number of carbonyl (C=O) groups excluding carboxylic acids is 1. The molecule has 24 heavy (non-hydrogen) atoms. The van der Waals surface area contributed by atoms with Crippen LogP contribution in [0.4, 0.5) is 0 Å². The summed E-state index contributed by atoms with van der Waals surface area (Å²) in [5, 5.41) is 10.3. The Morgan fingerprint density at radius 1 is 1.42 bits per heavy atom. The van der Waals surface area contributed by atoms with Gasteiger partial charge in [0.1, 0.15) is 17.3 Å². The van der Waals surface area contributed by atoms with Crippen molar-refractivity contribution in [3.8, 4) is 6.07 Å². The summed E-state index contributed by atoms with van der Waals surface area (Å²) in [6, 6.07) is 8.01. The lowest BCUT2D eigenvalue weighted by Gasteiger charge is -2.10. The van der Waals surface area contributed by atoms with Crippen molar-refractivity contribution in [2.24, 2.45) is 0 Å². The molecule has 0 spiro atoms. The van der Waals surface area contributed by atoms with Gasteiger partial charge in [0.2, 0.25) is 5.78 Å². The largest absolute Gasteiger partial charge is 0.382 e. The normalized spacial score (nSPS) is 11.8. The molecule has 1 aromatic heterocycles. The molecule has 0 saturated carbocycles. The van der Waals surface area contributed by atoms with Gasteiger partial charge in [-0.15, -0.1) is 0 Å². The number of rotatable bonds is 5. The van der Waals surface area contributed by atoms with Crippen molar-refractivity contribution in [2.45, 2.75) is 19.8 Å². The molecule has 0 aliphatic rings. The van der Waals surface area contributed by atoms with Crippen LogP contribution >= 0.6 is 46.3 Å². The number of fused-ring (bicyclic) bond motifs is 1. The Morgan fingerprint density at radius 3 is 2.58 bits per heavy atom. The highest BCUT2D eigenvalue weighted by molar-refractivity contribution is 14.2. The maximum atomic E-state index is 12.8. The van der Waals surface area contributed by atoms with Crippen LogP contribution < -0.4 is 0 Å². The number of Topliss-reactive ketones (excluding diaryl/α,β-unsaturated/α-hetero) is 1. The van der Waals surface area contributed by atoms with Gasteiger partial charge in [-0.1, -0.05) is 29.8 Å². The molecule has 0 atom stereocenters. The first-order valence-electron chi connectivity index (χ1n) is 7.27. The maximum absolute atomic E-state index is 12.8. The van der Waals surface area contributed by atoms with Gasteiger partial charge in [0.25, 0.3) is 0 Å². The summed E-state index contributed by atoms with van der Waals surface area (Å²) in [6.45, 7) is 4.27. The van der Waals surface area contributed by atoms with E-state index in [4.69, 9.17) is 0 Å². The van der Waals surface area contributed by atoms with E-state index in [1.165, 1.54) is 14.7 Å². The molecule has 0 N–H and O–H groups in total. The van der Waals surface area contributed by atoms with E-state index in [-0.39, 0.29) is 11.4 Å². The van der Waals surface area contributed by atoms with Crippen molar-refractivity contribution >= 4 is 62.9 Å². The fourth-order valence-corrected chi connectivity index (χ4v) is 4.94. The van der Waals surface area contributed by atoms with Crippen LogP contribution in [0, 0.1) is 11.3 Å². The maximum Gasteiger partial charge on any atom is 0.222 e. The lowest BCUT2D eigenvalue weighted by molar-refractivity contribution is 0.103. The smallest absolute Gasteiger partial charge is 0.222 e. The summed E-state index contributed by atoms with van der Waals surface area (Å²) >= 11 is 5.77. The Balaban J connectivity index is 2.67. The fourth-order valence-electron chi connectivity index (χ4n) is 2.43. The molecular weight excluding hydrogens is 501 g/mol. The van der Waals surface area contributed by atoms with E-state index >= 15 is 0 Å². The van der Waals surface area contributed by atoms with Crippen LogP contribution in [0.15, 0.2) is 34.4 Å². The zero-order valence-electron chi connectivity index (χ0n) is 13.8. The molecule has 1 heterocycles. The molecule has 0 amide bonds. The van der Waals surface area contributed by atoms with E-state index in [2.05, 4.69) is 57.0 Å². The zero-order chi connectivity index (χ0) is 18.0. The van der Waals surface area contributed by atoms with Gasteiger partial charge in [-0.3, -0.25) is 8.77 Å². The molecule has 2 rings (SSSR count). The van der Waals surface area contributed by atoms with E-state index in [0.29, 0.717) is 11.6 Å². The number of nitrogens with zero attached hydrogens (tertiary/aromatic N) is 3. The summed E-state index contributed by atoms with van der Waals surface area (Å²) in [4.78, 5) is 14.5. The second-order valence-corrected chi connectivity index (χ2v) is 8.47. The molecule has 2 aromatic rings. The molecule has 0 fully saturated rings. The van der Waals surface area contributed by atoms with Crippen LogP contribution in [-0.4, -0.2) is 28.8 Å². The van der Waals surface area contributed by atoms with E-state index in [0.717, 1.165) is 15.4 Å². The first-order valence-corrected chi connectivity index (χ1v) is 11.4. The number of aromatic nitrogens is 1. The lowest BCUT2D eigenvalue weighted by Crippen LogP contribution is -2.10. The van der Waals surface area contributed by atoms with Crippen molar-refractivity contribution in [2.75, 3.05) is 14.1 Å². The number of allylic oxidation sites excluding steroid dienone is 1. The van der Waals surface area contributed by atoms with Crippen LogP contribution in [-0.2, 0) is 0 Å². The molecule has 7 heteroatoms. The van der Waals surface area contributed by atoms with Gasteiger partial charge in [0.15, 0.2) is 0 Å². The van der Waals surface area contributed by atoms with Gasteiger partial charge < -0.3 is 4.90 Å². The summed E-state index contributed by atoms with van der Waals surface area (Å²) in [7, 11) is 5.01. The lowest BCUT2D eigenvalue weighted by atomic mass is 10.0. The topological polar surface area (TPSA) is 49.0 Å². The van der Waals surface area contributed by atoms with Crippen LogP contribution in [0.2, 0.25) is 0 Å². The molecule has 4 nitrogen and oxygen atoms in total. The monoisotopic (exact) mass is 517 g/mol. The molecule has 0 radical (unpaired) electrons. The van der Waals surface area contributed by atoms with Gasteiger partial charge >= 0.3 is 0 Å². The summed E-state index contributed by atoms with van der Waals surface area (Å²) in [5.74, 6) is 0.107. The first kappa shape index (κ1) is 19.3. The predicted molar refractivity (Wildman–Crippen MR) is 112 cm³/mol. The Labute approximate surface area is 166 Å². The molecule has 0 bridgehead atoms. The number of benzene rings is 1. The Bertz CT molecular complexity index is 865. The first-order chi connectivity index (χ1) is 11.3. The molecule has 0 aliphatic carbocycles. The van der Waals surface area contributed by atoms with Crippen LogP contribution in [0.1, 0.15) is 35.8 Å². The van der Waals surface area contributed by atoms with Gasteiger partial charge in [-0.2, -0.15) is 5.26 Å². The number of ketones is 1. The zero-order valence-corrected chi connectivity index (χ0v) is 18.4. The molecule has 0 saturated heterocycles. The Hall–Kier alpha value is -0.980. The molecule has 0 unspecified atom stereocenters. The summed E-state index contributed by atoms with van der Waals surface area (Å²) in [6.07, 6.45) is 1.55. The average molecular weight is 518 g/mol. The van der Waals surface area contributed by atoms with E-state index in [1.54, 1.807) is 25.2 Å². The second-order valence-electron chi connectivity index (χ2n) is 5.93. The van der Waals surface area contributed by atoms with Crippen LogP contribution in [0.3, 0.4) is 0 Å². The minimum Gasteiger partial charge on any atom is -0.382 e. The summed E-state index contributed by atoms with van der Waals surface area (Å²) in [5.41, 5.74) is 2.78. The molecule has 1 aromatic carbocycles. The van der Waals surface area contributed by atoms with Crippen LogP contribution in [0.5, 0.6) is 0 Å². The number of carbonyl (C=O) groups is 1. The van der Waals surface area contributed by atoms with E-state index < -0.39 is 0 Å². The average Bonchev–Trinajstić information content (AvgIpc) is 2.87. The summed E-state index contributed by atoms with van der Waals surface area (Å²) < 4.78 is 2.90. The van der Waals surface area contributed by atoms with Crippen LogP contribution in [0.25, 0.3) is 10.9 Å². The highest BCUT2D eigenvalue weighted by Gasteiger charge is 2.21. The van der Waals surface area contributed by atoms with Crippen molar-refractivity contribution in [1.29, 1.82) is 5.26 Å². The van der Waals surface area contributed by atoms with E-state index in [9.17, 15) is 10.1 Å². The Morgan fingerprint density at radius 2 is 2.08 bits per heavy atom. The fraction of sp³-hybridized carbons (Fsp3) is 0.294. The van der Waals surface area contributed by atoms with Gasteiger partial charge in [-0.25, -0.2) is 0 Å². The van der Waals surface area contributed by atoms with Crippen molar-refractivity contribution in [1.82, 2.24) is 8.87 Å². The van der Waals surface area contributed by atoms with Crippen molar-refractivity contribution in [3.63, 3.8) is 0 Å². The quantitative estimate of drug-likeness (QED) is 0.226. The number of hydrogen-bond donors (Lipinski definition) is 0. The number of hydrogen-bond acceptors (Lipinski definition) is 4. The molecule has 0 aliphatic heterocycles. The predicted octanol–water partition coefficient (Wildman–Crippen LogP) is 5.53. The van der Waals surface area contributed by atoms with Gasteiger partial charge in [0.05, 0.1) is 5.52 Å². The number of halogens is 2.